The molecule has 98 valence electrons. The monoisotopic (exact) mass is 266 g/mol. The Bertz CT molecular complexity index is 439. The van der Waals surface area contributed by atoms with E-state index in [1.165, 1.54) is 0 Å². The fourth-order valence-electron chi connectivity index (χ4n) is 2.35. The summed E-state index contributed by atoms with van der Waals surface area (Å²) < 4.78 is 0. The van der Waals surface area contributed by atoms with Crippen molar-refractivity contribution in [3.63, 3.8) is 0 Å². The molecule has 1 aliphatic heterocycles. The molecule has 1 aromatic rings. The van der Waals surface area contributed by atoms with E-state index in [0.29, 0.717) is 16.6 Å². The molecule has 1 saturated heterocycles. The lowest BCUT2D eigenvalue weighted by atomic mass is 10.0. The van der Waals surface area contributed by atoms with E-state index < -0.39 is 0 Å². The van der Waals surface area contributed by atoms with Crippen molar-refractivity contribution >= 4 is 17.5 Å². The average molecular weight is 267 g/mol. The van der Waals surface area contributed by atoms with Crippen LogP contribution in [-0.2, 0) is 0 Å². The number of benzene rings is 1. The molecule has 2 rings (SSSR count). The minimum absolute atomic E-state index is 0.0539. The molecule has 0 spiro atoms. The number of halogens is 1. The number of hydrogen-bond donors (Lipinski definition) is 1. The normalized spacial score (nSPS) is 16.9. The van der Waals surface area contributed by atoms with Gasteiger partial charge in [0.15, 0.2) is 0 Å². The summed E-state index contributed by atoms with van der Waals surface area (Å²) in [5, 5.41) is 3.84. The van der Waals surface area contributed by atoms with E-state index in [1.54, 1.807) is 0 Å². The van der Waals surface area contributed by atoms with Crippen LogP contribution in [0.3, 0.4) is 0 Å². The second-order valence-corrected chi connectivity index (χ2v) is 5.17. The smallest absolute Gasteiger partial charge is 0.255 e. The number of piperidine rings is 1. The number of aryl methyl sites for hydroxylation is 1. The highest BCUT2D eigenvalue weighted by Gasteiger charge is 2.24. The van der Waals surface area contributed by atoms with Crippen molar-refractivity contribution in [1.29, 1.82) is 0 Å². The molecule has 1 aliphatic rings. The van der Waals surface area contributed by atoms with Gasteiger partial charge in [0.05, 0.1) is 10.6 Å². The third kappa shape index (κ3) is 2.68. The molecule has 1 aromatic carbocycles. The van der Waals surface area contributed by atoms with E-state index in [4.69, 9.17) is 11.6 Å². The van der Waals surface area contributed by atoms with Crippen LogP contribution >= 0.6 is 11.6 Å². The first-order valence-electron chi connectivity index (χ1n) is 6.35. The standard InChI is InChI=1S/C14H19ClN2O/c1-10-4-3-5-12(13(10)15)14(18)17-8-6-11(16-2)7-9-17/h3-5,11,16H,6-9H2,1-2H3. The lowest BCUT2D eigenvalue weighted by Gasteiger charge is -2.32. The van der Waals surface area contributed by atoms with E-state index in [9.17, 15) is 4.79 Å². The van der Waals surface area contributed by atoms with Gasteiger partial charge in [-0.2, -0.15) is 0 Å². The Labute approximate surface area is 113 Å². The van der Waals surface area contributed by atoms with Gasteiger partial charge in [-0.15, -0.1) is 0 Å². The van der Waals surface area contributed by atoms with Gasteiger partial charge in [0.2, 0.25) is 0 Å². The predicted octanol–water partition coefficient (Wildman–Crippen LogP) is 2.47. The molecule has 0 aromatic heterocycles. The molecule has 1 N–H and O–H groups in total. The number of amides is 1. The summed E-state index contributed by atoms with van der Waals surface area (Å²) >= 11 is 6.20. The Balaban J connectivity index is 2.10. The van der Waals surface area contributed by atoms with Crippen molar-refractivity contribution in [1.82, 2.24) is 10.2 Å². The number of nitrogens with zero attached hydrogens (tertiary/aromatic N) is 1. The molecule has 0 saturated carbocycles. The van der Waals surface area contributed by atoms with E-state index in [1.807, 2.05) is 37.1 Å². The van der Waals surface area contributed by atoms with Crippen LogP contribution in [0, 0.1) is 6.92 Å². The maximum Gasteiger partial charge on any atom is 0.255 e. The summed E-state index contributed by atoms with van der Waals surface area (Å²) in [7, 11) is 1.97. The van der Waals surface area contributed by atoms with Gasteiger partial charge in [-0.1, -0.05) is 23.7 Å². The van der Waals surface area contributed by atoms with Crippen molar-refractivity contribution in [3.05, 3.63) is 34.3 Å². The molecule has 1 heterocycles. The zero-order chi connectivity index (χ0) is 13.1. The topological polar surface area (TPSA) is 32.3 Å². The molecule has 18 heavy (non-hydrogen) atoms. The third-order valence-corrected chi connectivity index (χ3v) is 4.11. The van der Waals surface area contributed by atoms with Crippen LogP contribution in [0.5, 0.6) is 0 Å². The van der Waals surface area contributed by atoms with Gasteiger partial charge in [0, 0.05) is 19.1 Å². The largest absolute Gasteiger partial charge is 0.338 e. The van der Waals surface area contributed by atoms with Gasteiger partial charge < -0.3 is 10.2 Å². The minimum atomic E-state index is 0.0539. The first kappa shape index (κ1) is 13.4. The predicted molar refractivity (Wildman–Crippen MR) is 74.2 cm³/mol. The molecular formula is C14H19ClN2O. The van der Waals surface area contributed by atoms with Crippen LogP contribution < -0.4 is 5.32 Å². The van der Waals surface area contributed by atoms with E-state index in [0.717, 1.165) is 31.5 Å². The SMILES string of the molecule is CNC1CCN(C(=O)c2cccc(C)c2Cl)CC1. The number of likely N-dealkylation sites (tertiary alicyclic amines) is 1. The molecule has 1 amide bonds. The highest BCUT2D eigenvalue weighted by Crippen LogP contribution is 2.23. The van der Waals surface area contributed by atoms with E-state index >= 15 is 0 Å². The van der Waals surface area contributed by atoms with Crippen LogP contribution in [-0.4, -0.2) is 37.0 Å². The van der Waals surface area contributed by atoms with Gasteiger partial charge in [0.25, 0.3) is 5.91 Å². The lowest BCUT2D eigenvalue weighted by Crippen LogP contribution is -2.44. The molecular weight excluding hydrogens is 248 g/mol. The zero-order valence-corrected chi connectivity index (χ0v) is 11.6. The van der Waals surface area contributed by atoms with Crippen molar-refractivity contribution in [2.45, 2.75) is 25.8 Å². The summed E-state index contributed by atoms with van der Waals surface area (Å²) in [4.78, 5) is 14.3. The maximum atomic E-state index is 12.4. The van der Waals surface area contributed by atoms with Gasteiger partial charge in [-0.3, -0.25) is 4.79 Å². The average Bonchev–Trinajstić information content (AvgIpc) is 2.41. The fourth-order valence-corrected chi connectivity index (χ4v) is 2.56. The van der Waals surface area contributed by atoms with Crippen molar-refractivity contribution in [3.8, 4) is 0 Å². The van der Waals surface area contributed by atoms with Crippen LogP contribution in [0.15, 0.2) is 18.2 Å². The quantitative estimate of drug-likeness (QED) is 0.892. The Morgan fingerprint density at radius 1 is 1.39 bits per heavy atom. The van der Waals surface area contributed by atoms with Crippen LogP contribution in [0.2, 0.25) is 5.02 Å². The van der Waals surface area contributed by atoms with Gasteiger partial charge >= 0.3 is 0 Å². The van der Waals surface area contributed by atoms with Gasteiger partial charge in [0.1, 0.15) is 0 Å². The summed E-state index contributed by atoms with van der Waals surface area (Å²) in [6.45, 7) is 3.52. The molecule has 0 bridgehead atoms. The summed E-state index contributed by atoms with van der Waals surface area (Å²) in [5.41, 5.74) is 1.58. The highest BCUT2D eigenvalue weighted by molar-refractivity contribution is 6.34. The summed E-state index contributed by atoms with van der Waals surface area (Å²) in [5.74, 6) is 0.0539. The molecule has 0 atom stereocenters. The fraction of sp³-hybridized carbons (Fsp3) is 0.500. The second kappa shape index (κ2) is 5.72. The minimum Gasteiger partial charge on any atom is -0.338 e. The first-order valence-corrected chi connectivity index (χ1v) is 6.73. The summed E-state index contributed by atoms with van der Waals surface area (Å²) in [6.07, 6.45) is 2.01. The Morgan fingerprint density at radius 3 is 2.67 bits per heavy atom. The molecule has 0 radical (unpaired) electrons. The lowest BCUT2D eigenvalue weighted by molar-refractivity contribution is 0.0707. The Morgan fingerprint density at radius 2 is 2.06 bits per heavy atom. The molecule has 3 nitrogen and oxygen atoms in total. The number of carbonyl (C=O) groups excluding carboxylic acids is 1. The molecule has 0 aliphatic carbocycles. The first-order chi connectivity index (χ1) is 8.63. The van der Waals surface area contributed by atoms with E-state index in [-0.39, 0.29) is 5.91 Å². The van der Waals surface area contributed by atoms with Gasteiger partial charge in [-0.25, -0.2) is 0 Å². The second-order valence-electron chi connectivity index (χ2n) is 4.79. The van der Waals surface area contributed by atoms with Crippen LogP contribution in [0.25, 0.3) is 0 Å². The van der Waals surface area contributed by atoms with Crippen molar-refractivity contribution in [2.24, 2.45) is 0 Å². The van der Waals surface area contributed by atoms with Crippen LogP contribution in [0.1, 0.15) is 28.8 Å². The molecule has 0 unspecified atom stereocenters. The van der Waals surface area contributed by atoms with Crippen molar-refractivity contribution in [2.75, 3.05) is 20.1 Å². The van der Waals surface area contributed by atoms with E-state index in [2.05, 4.69) is 5.32 Å². The number of nitrogens with one attached hydrogen (secondary N) is 1. The van der Waals surface area contributed by atoms with Gasteiger partial charge in [-0.05, 0) is 38.4 Å². The maximum absolute atomic E-state index is 12.4. The Hall–Kier alpha value is -1.06. The zero-order valence-electron chi connectivity index (χ0n) is 10.9. The highest BCUT2D eigenvalue weighted by atomic mass is 35.5. The number of carbonyl (C=O) groups is 1. The molecule has 4 heteroatoms. The molecule has 1 fully saturated rings. The summed E-state index contributed by atoms with van der Waals surface area (Å²) in [6, 6.07) is 6.14. The van der Waals surface area contributed by atoms with Crippen molar-refractivity contribution < 1.29 is 4.79 Å². The Kier molecular flexibility index (Phi) is 4.25. The van der Waals surface area contributed by atoms with Crippen LogP contribution in [0.4, 0.5) is 0 Å². The number of hydrogen-bond acceptors (Lipinski definition) is 2. The number of rotatable bonds is 2. The third-order valence-electron chi connectivity index (χ3n) is 3.61.